The summed E-state index contributed by atoms with van der Waals surface area (Å²) in [4.78, 5) is 2.41. The van der Waals surface area contributed by atoms with E-state index in [4.69, 9.17) is 5.11 Å². The van der Waals surface area contributed by atoms with Crippen molar-refractivity contribution in [2.24, 2.45) is 5.92 Å². The maximum atomic E-state index is 8.92. The summed E-state index contributed by atoms with van der Waals surface area (Å²) in [7, 11) is 0. The van der Waals surface area contributed by atoms with Gasteiger partial charge in [-0.05, 0) is 31.8 Å². The van der Waals surface area contributed by atoms with Gasteiger partial charge in [-0.15, -0.1) is 0 Å². The van der Waals surface area contributed by atoms with Crippen LogP contribution >= 0.6 is 0 Å². The highest BCUT2D eigenvalue weighted by atomic mass is 16.3. The molecule has 0 unspecified atom stereocenters. The van der Waals surface area contributed by atoms with Gasteiger partial charge in [0.25, 0.3) is 0 Å². The van der Waals surface area contributed by atoms with E-state index in [1.807, 2.05) is 0 Å². The molecule has 1 heterocycles. The normalized spacial score (nSPS) is 18.0. The average Bonchev–Trinajstić information content (AvgIpc) is 2.44. The maximum Gasteiger partial charge on any atom is 0.0558 e. The smallest absolute Gasteiger partial charge is 0.0558 e. The van der Waals surface area contributed by atoms with E-state index in [1.165, 1.54) is 83.7 Å². The zero-order valence-corrected chi connectivity index (χ0v) is 13.1. The molecular formula is C17H35NO. The predicted octanol–water partition coefficient (Wildman–Crippen LogP) is 4.22. The van der Waals surface area contributed by atoms with Gasteiger partial charge in [0.1, 0.15) is 0 Å². The van der Waals surface area contributed by atoms with E-state index in [0.29, 0.717) is 6.61 Å². The second-order valence-electron chi connectivity index (χ2n) is 6.27. The lowest BCUT2D eigenvalue weighted by molar-refractivity contribution is 0.143. The number of β-amino-alcohol motifs (C(OH)–C–C–N with tert-alkyl or cyclic N) is 1. The van der Waals surface area contributed by atoms with Crippen LogP contribution in [0.3, 0.4) is 0 Å². The first-order valence-corrected chi connectivity index (χ1v) is 8.70. The van der Waals surface area contributed by atoms with Gasteiger partial charge in [0, 0.05) is 6.54 Å². The number of rotatable bonds is 11. The SMILES string of the molecule is CCCCCCCCCCC1CCN(CCO)CC1. The Morgan fingerprint density at radius 2 is 1.47 bits per heavy atom. The minimum Gasteiger partial charge on any atom is -0.395 e. The zero-order valence-electron chi connectivity index (χ0n) is 13.1. The Morgan fingerprint density at radius 3 is 2.05 bits per heavy atom. The Hall–Kier alpha value is -0.0800. The number of nitrogens with zero attached hydrogens (tertiary/aromatic N) is 1. The second kappa shape index (κ2) is 11.7. The van der Waals surface area contributed by atoms with Gasteiger partial charge in [-0.3, -0.25) is 0 Å². The Morgan fingerprint density at radius 1 is 0.895 bits per heavy atom. The summed E-state index contributed by atoms with van der Waals surface area (Å²) in [6.07, 6.45) is 15.6. The molecule has 114 valence electrons. The van der Waals surface area contributed by atoms with E-state index in [-0.39, 0.29) is 0 Å². The largest absolute Gasteiger partial charge is 0.395 e. The molecule has 0 bridgehead atoms. The summed E-state index contributed by atoms with van der Waals surface area (Å²) in [5.41, 5.74) is 0. The highest BCUT2D eigenvalue weighted by molar-refractivity contribution is 4.72. The first-order valence-electron chi connectivity index (χ1n) is 8.70. The van der Waals surface area contributed by atoms with E-state index in [2.05, 4.69) is 11.8 Å². The average molecular weight is 269 g/mol. The third-order valence-corrected chi connectivity index (χ3v) is 4.59. The van der Waals surface area contributed by atoms with E-state index in [0.717, 1.165) is 12.5 Å². The lowest BCUT2D eigenvalue weighted by Crippen LogP contribution is -2.35. The highest BCUT2D eigenvalue weighted by Crippen LogP contribution is 2.23. The Bertz CT molecular complexity index is 188. The Labute approximate surface area is 120 Å². The fourth-order valence-corrected chi connectivity index (χ4v) is 3.21. The summed E-state index contributed by atoms with van der Waals surface area (Å²) in [5, 5.41) is 8.92. The molecule has 0 aliphatic carbocycles. The van der Waals surface area contributed by atoms with Crippen LogP contribution in [0.5, 0.6) is 0 Å². The van der Waals surface area contributed by atoms with Gasteiger partial charge >= 0.3 is 0 Å². The van der Waals surface area contributed by atoms with Crippen LogP contribution in [-0.2, 0) is 0 Å². The van der Waals surface area contributed by atoms with Crippen molar-refractivity contribution < 1.29 is 5.11 Å². The van der Waals surface area contributed by atoms with Gasteiger partial charge in [-0.25, -0.2) is 0 Å². The molecular weight excluding hydrogens is 234 g/mol. The van der Waals surface area contributed by atoms with Gasteiger partial charge in [0.2, 0.25) is 0 Å². The molecule has 1 aliphatic heterocycles. The molecule has 1 aliphatic rings. The third kappa shape index (κ3) is 8.65. The van der Waals surface area contributed by atoms with Gasteiger partial charge < -0.3 is 10.0 Å². The van der Waals surface area contributed by atoms with Crippen molar-refractivity contribution in [1.82, 2.24) is 4.90 Å². The molecule has 0 amide bonds. The monoisotopic (exact) mass is 269 g/mol. The van der Waals surface area contributed by atoms with Gasteiger partial charge in [0.15, 0.2) is 0 Å². The number of likely N-dealkylation sites (tertiary alicyclic amines) is 1. The van der Waals surface area contributed by atoms with Crippen LogP contribution in [0.4, 0.5) is 0 Å². The van der Waals surface area contributed by atoms with Crippen molar-refractivity contribution in [2.75, 3.05) is 26.2 Å². The first-order chi connectivity index (χ1) is 9.36. The van der Waals surface area contributed by atoms with Crippen LogP contribution in [0.1, 0.15) is 77.6 Å². The van der Waals surface area contributed by atoms with Crippen LogP contribution in [0.2, 0.25) is 0 Å². The summed E-state index contributed by atoms with van der Waals surface area (Å²) in [5.74, 6) is 0.968. The maximum absolute atomic E-state index is 8.92. The third-order valence-electron chi connectivity index (χ3n) is 4.59. The lowest BCUT2D eigenvalue weighted by atomic mass is 9.91. The summed E-state index contributed by atoms with van der Waals surface area (Å²) in [6, 6.07) is 0. The predicted molar refractivity (Wildman–Crippen MR) is 83.5 cm³/mol. The molecule has 0 atom stereocenters. The fourth-order valence-electron chi connectivity index (χ4n) is 3.21. The van der Waals surface area contributed by atoms with Crippen molar-refractivity contribution in [3.05, 3.63) is 0 Å². The molecule has 0 aromatic heterocycles. The Balaban J connectivity index is 1.85. The molecule has 0 spiro atoms. The molecule has 1 saturated heterocycles. The van der Waals surface area contributed by atoms with Crippen molar-refractivity contribution in [3.63, 3.8) is 0 Å². The van der Waals surface area contributed by atoms with Crippen LogP contribution < -0.4 is 0 Å². The Kier molecular flexibility index (Phi) is 10.5. The standard InChI is InChI=1S/C17H35NO/c1-2-3-4-5-6-7-8-9-10-17-11-13-18(14-12-17)15-16-19/h17,19H,2-16H2,1H3. The fraction of sp³-hybridized carbons (Fsp3) is 1.00. The summed E-state index contributed by atoms with van der Waals surface area (Å²) >= 11 is 0. The molecule has 0 radical (unpaired) electrons. The number of hydrogen-bond acceptors (Lipinski definition) is 2. The van der Waals surface area contributed by atoms with Crippen molar-refractivity contribution >= 4 is 0 Å². The molecule has 0 aromatic rings. The summed E-state index contributed by atoms with van der Waals surface area (Å²) < 4.78 is 0. The number of aliphatic hydroxyl groups is 1. The highest BCUT2D eigenvalue weighted by Gasteiger charge is 2.17. The quantitative estimate of drug-likeness (QED) is 0.568. The number of unbranched alkanes of at least 4 members (excludes halogenated alkanes) is 7. The van der Waals surface area contributed by atoms with E-state index < -0.39 is 0 Å². The van der Waals surface area contributed by atoms with E-state index in [1.54, 1.807) is 0 Å². The number of hydrogen-bond donors (Lipinski definition) is 1. The molecule has 0 saturated carbocycles. The van der Waals surface area contributed by atoms with Crippen molar-refractivity contribution in [2.45, 2.75) is 77.6 Å². The molecule has 2 heteroatoms. The molecule has 0 aromatic carbocycles. The topological polar surface area (TPSA) is 23.5 Å². The minimum atomic E-state index is 0.322. The molecule has 1 N–H and O–H groups in total. The number of piperidine rings is 1. The minimum absolute atomic E-state index is 0.322. The van der Waals surface area contributed by atoms with Crippen molar-refractivity contribution in [3.8, 4) is 0 Å². The molecule has 1 fully saturated rings. The summed E-state index contributed by atoms with van der Waals surface area (Å²) in [6.45, 7) is 5.91. The van der Waals surface area contributed by atoms with Crippen LogP contribution in [0.25, 0.3) is 0 Å². The second-order valence-corrected chi connectivity index (χ2v) is 6.27. The van der Waals surface area contributed by atoms with Crippen LogP contribution in [-0.4, -0.2) is 36.2 Å². The van der Waals surface area contributed by atoms with Gasteiger partial charge in [-0.2, -0.15) is 0 Å². The van der Waals surface area contributed by atoms with E-state index >= 15 is 0 Å². The number of aliphatic hydroxyl groups excluding tert-OH is 1. The van der Waals surface area contributed by atoms with Gasteiger partial charge in [-0.1, -0.05) is 64.7 Å². The van der Waals surface area contributed by atoms with Crippen LogP contribution in [0, 0.1) is 5.92 Å². The van der Waals surface area contributed by atoms with Crippen molar-refractivity contribution in [1.29, 1.82) is 0 Å². The van der Waals surface area contributed by atoms with Gasteiger partial charge in [0.05, 0.1) is 6.61 Å². The van der Waals surface area contributed by atoms with E-state index in [9.17, 15) is 0 Å². The molecule has 1 rings (SSSR count). The first kappa shape index (κ1) is 17.0. The molecule has 19 heavy (non-hydrogen) atoms. The molecule has 2 nitrogen and oxygen atoms in total. The van der Waals surface area contributed by atoms with Crippen LogP contribution in [0.15, 0.2) is 0 Å². The zero-order chi connectivity index (χ0) is 13.8. The lowest BCUT2D eigenvalue weighted by Gasteiger charge is -2.31.